The number of hydrogen-bond acceptors (Lipinski definition) is 5. The van der Waals surface area contributed by atoms with E-state index in [9.17, 15) is 31.5 Å². The van der Waals surface area contributed by atoms with Crippen LogP contribution < -0.4 is 15.8 Å². The van der Waals surface area contributed by atoms with E-state index in [1.807, 2.05) is 0 Å². The van der Waals surface area contributed by atoms with Gasteiger partial charge in [0.15, 0.2) is 17.7 Å². The molecule has 1 fully saturated rings. The first kappa shape index (κ1) is 23.4. The molecular formula is C20H18F5N3O4. The molecule has 1 aromatic carbocycles. The molecule has 172 valence electrons. The second-order valence-electron chi connectivity index (χ2n) is 7.17. The molecule has 2 heterocycles. The molecule has 1 aliphatic rings. The van der Waals surface area contributed by atoms with E-state index in [0.29, 0.717) is 0 Å². The van der Waals surface area contributed by atoms with Crippen molar-refractivity contribution in [3.8, 4) is 5.75 Å². The van der Waals surface area contributed by atoms with Crippen LogP contribution in [0.5, 0.6) is 5.75 Å². The minimum Gasteiger partial charge on any atom is -0.493 e. The summed E-state index contributed by atoms with van der Waals surface area (Å²) in [5.41, 5.74) is 4.82. The quantitative estimate of drug-likeness (QED) is 0.669. The molecule has 0 spiro atoms. The predicted octanol–water partition coefficient (Wildman–Crippen LogP) is 3.16. The molecule has 2 amide bonds. The summed E-state index contributed by atoms with van der Waals surface area (Å²) in [4.78, 5) is 27.9. The minimum atomic E-state index is -4.83. The number of hydrogen-bond donors (Lipinski definition) is 2. The van der Waals surface area contributed by atoms with Crippen molar-refractivity contribution in [2.75, 3.05) is 12.4 Å². The van der Waals surface area contributed by atoms with Crippen molar-refractivity contribution in [2.45, 2.75) is 31.2 Å². The van der Waals surface area contributed by atoms with Crippen LogP contribution in [0.1, 0.15) is 28.9 Å². The Bertz CT molecular complexity index is 1050. The van der Waals surface area contributed by atoms with Gasteiger partial charge in [-0.3, -0.25) is 14.6 Å². The number of primary amides is 1. The third kappa shape index (κ3) is 4.35. The van der Waals surface area contributed by atoms with Crippen molar-refractivity contribution < 1.29 is 41.0 Å². The van der Waals surface area contributed by atoms with Crippen LogP contribution in [-0.2, 0) is 9.53 Å². The van der Waals surface area contributed by atoms with Gasteiger partial charge in [0.1, 0.15) is 11.8 Å². The maximum atomic E-state index is 14.3. The summed E-state index contributed by atoms with van der Waals surface area (Å²) >= 11 is 0. The summed E-state index contributed by atoms with van der Waals surface area (Å²) in [6.07, 6.45) is -7.74. The van der Waals surface area contributed by atoms with Gasteiger partial charge in [-0.2, -0.15) is 17.6 Å². The maximum absolute atomic E-state index is 14.3. The van der Waals surface area contributed by atoms with Crippen LogP contribution in [0.15, 0.2) is 30.5 Å². The summed E-state index contributed by atoms with van der Waals surface area (Å²) in [6.45, 7) is 1.19. The molecule has 3 rings (SSSR count). The number of carbonyl (C=O) groups excluding carboxylic acids is 2. The smallest absolute Gasteiger partial charge is 0.414 e. The highest BCUT2D eigenvalue weighted by atomic mass is 19.4. The first-order chi connectivity index (χ1) is 15.0. The zero-order chi connectivity index (χ0) is 23.8. The number of amides is 2. The maximum Gasteiger partial charge on any atom is 0.414 e. The number of rotatable bonds is 5. The van der Waals surface area contributed by atoms with Crippen LogP contribution in [0.3, 0.4) is 0 Å². The minimum absolute atomic E-state index is 0.0292. The van der Waals surface area contributed by atoms with Gasteiger partial charge >= 0.3 is 6.18 Å². The summed E-state index contributed by atoms with van der Waals surface area (Å²) in [5.74, 6) is -7.83. The van der Waals surface area contributed by atoms with E-state index in [2.05, 4.69) is 10.3 Å². The first-order valence-electron chi connectivity index (χ1n) is 9.26. The number of carbonyl (C=O) groups is 2. The molecule has 2 aromatic rings. The summed E-state index contributed by atoms with van der Waals surface area (Å²) < 4.78 is 78.5. The lowest BCUT2D eigenvalue weighted by molar-refractivity contribution is -0.221. The Morgan fingerprint density at radius 2 is 1.91 bits per heavy atom. The fraction of sp³-hybridized carbons (Fsp3) is 0.350. The molecule has 0 saturated carbocycles. The van der Waals surface area contributed by atoms with E-state index >= 15 is 0 Å². The van der Waals surface area contributed by atoms with Crippen molar-refractivity contribution in [2.24, 2.45) is 11.7 Å². The molecule has 0 unspecified atom stereocenters. The highest BCUT2D eigenvalue weighted by molar-refractivity contribution is 5.97. The number of nitrogens with one attached hydrogen (secondary N) is 1. The van der Waals surface area contributed by atoms with Gasteiger partial charge in [0, 0.05) is 29.3 Å². The van der Waals surface area contributed by atoms with E-state index in [1.165, 1.54) is 19.2 Å². The average Bonchev–Trinajstić information content (AvgIpc) is 3.07. The molecule has 1 aliphatic heterocycles. The largest absolute Gasteiger partial charge is 0.493 e. The number of pyridine rings is 1. The monoisotopic (exact) mass is 459 g/mol. The van der Waals surface area contributed by atoms with E-state index in [1.54, 1.807) is 0 Å². The molecule has 0 aliphatic carbocycles. The van der Waals surface area contributed by atoms with E-state index in [-0.39, 0.29) is 16.9 Å². The Morgan fingerprint density at radius 3 is 2.50 bits per heavy atom. The van der Waals surface area contributed by atoms with E-state index in [0.717, 1.165) is 25.3 Å². The molecule has 12 heteroatoms. The van der Waals surface area contributed by atoms with E-state index < -0.39 is 59.4 Å². The molecule has 1 aromatic heterocycles. The highest BCUT2D eigenvalue weighted by Crippen LogP contribution is 2.49. The van der Waals surface area contributed by atoms with Gasteiger partial charge in [0.05, 0.1) is 7.11 Å². The van der Waals surface area contributed by atoms with Crippen molar-refractivity contribution >= 4 is 17.5 Å². The molecule has 32 heavy (non-hydrogen) atoms. The Morgan fingerprint density at radius 1 is 1.22 bits per heavy atom. The fourth-order valence-electron chi connectivity index (χ4n) is 3.75. The second kappa shape index (κ2) is 8.69. The molecule has 0 radical (unpaired) electrons. The second-order valence-corrected chi connectivity index (χ2v) is 7.17. The summed E-state index contributed by atoms with van der Waals surface area (Å²) in [7, 11) is 1.03. The van der Waals surface area contributed by atoms with Crippen LogP contribution >= 0.6 is 0 Å². The Kier molecular flexibility index (Phi) is 6.35. The zero-order valence-electron chi connectivity index (χ0n) is 16.7. The normalized spacial score (nSPS) is 23.1. The number of anilines is 1. The number of methoxy groups -OCH3 is 1. The predicted molar refractivity (Wildman–Crippen MR) is 101 cm³/mol. The Balaban J connectivity index is 2.02. The summed E-state index contributed by atoms with van der Waals surface area (Å²) in [5, 5.41) is 2.35. The lowest BCUT2D eigenvalue weighted by Gasteiger charge is -2.24. The van der Waals surface area contributed by atoms with Crippen molar-refractivity contribution in [3.05, 3.63) is 53.4 Å². The van der Waals surface area contributed by atoms with Crippen LogP contribution in [0.25, 0.3) is 0 Å². The molecular weight excluding hydrogens is 441 g/mol. The Labute approximate surface area is 178 Å². The highest BCUT2D eigenvalue weighted by Gasteiger charge is 2.57. The molecule has 1 saturated heterocycles. The molecule has 4 atom stereocenters. The van der Waals surface area contributed by atoms with Gasteiger partial charge in [0.25, 0.3) is 11.8 Å². The van der Waals surface area contributed by atoms with Crippen LogP contribution in [-0.4, -0.2) is 42.3 Å². The zero-order valence-corrected chi connectivity index (χ0v) is 16.7. The molecule has 7 nitrogen and oxygen atoms in total. The third-order valence-electron chi connectivity index (χ3n) is 5.17. The van der Waals surface area contributed by atoms with Gasteiger partial charge in [0.2, 0.25) is 5.82 Å². The number of benzene rings is 1. The lowest BCUT2D eigenvalue weighted by Crippen LogP contribution is -2.35. The van der Waals surface area contributed by atoms with Gasteiger partial charge in [-0.1, -0.05) is 13.0 Å². The molecule has 3 N–H and O–H groups in total. The van der Waals surface area contributed by atoms with Crippen LogP contribution in [0.4, 0.5) is 27.6 Å². The number of aromatic nitrogens is 1. The lowest BCUT2D eigenvalue weighted by atomic mass is 9.81. The SMILES string of the molecule is COc1c([C@@H]2[C@H](C)[C@@H](C(F)(F)F)O[C@@H]2C(=O)Nc2ccnc(C(N)=O)c2)ccc(F)c1F. The van der Waals surface area contributed by atoms with Crippen molar-refractivity contribution in [3.63, 3.8) is 0 Å². The number of halogens is 5. The summed E-state index contributed by atoms with van der Waals surface area (Å²) in [6, 6.07) is 4.21. The Hall–Kier alpha value is -3.28. The third-order valence-corrected chi connectivity index (χ3v) is 5.17. The van der Waals surface area contributed by atoms with Gasteiger partial charge in [-0.25, -0.2) is 4.39 Å². The van der Waals surface area contributed by atoms with E-state index in [4.69, 9.17) is 15.2 Å². The average molecular weight is 459 g/mol. The van der Waals surface area contributed by atoms with Crippen LogP contribution in [0, 0.1) is 17.6 Å². The first-order valence-corrected chi connectivity index (χ1v) is 9.26. The van der Waals surface area contributed by atoms with Crippen LogP contribution in [0.2, 0.25) is 0 Å². The van der Waals surface area contributed by atoms with Gasteiger partial charge in [-0.05, 0) is 18.2 Å². The van der Waals surface area contributed by atoms with Crippen molar-refractivity contribution in [1.29, 1.82) is 0 Å². The van der Waals surface area contributed by atoms with Gasteiger partial charge in [-0.15, -0.1) is 0 Å². The topological polar surface area (TPSA) is 104 Å². The van der Waals surface area contributed by atoms with Gasteiger partial charge < -0.3 is 20.5 Å². The van der Waals surface area contributed by atoms with Crippen molar-refractivity contribution in [1.82, 2.24) is 4.98 Å². The fourth-order valence-corrected chi connectivity index (χ4v) is 3.75. The standard InChI is InChI=1S/C20H18F5N3O4/c1-8-13(10-3-4-11(21)14(22)15(10)31-2)16(32-17(8)20(23,24)25)19(30)28-9-5-6-27-12(7-9)18(26)29/h3-8,13,16-17H,1-2H3,(H2,26,29)(H,27,28,30)/t8-,13-,16-,17-/m0/s1. The number of nitrogens with zero attached hydrogens (tertiary/aromatic N) is 1. The number of nitrogens with two attached hydrogens (primary N) is 1. The molecule has 0 bridgehead atoms. The number of ether oxygens (including phenoxy) is 2. The number of alkyl halides is 3.